The van der Waals surface area contributed by atoms with Crippen LogP contribution in [0.3, 0.4) is 0 Å². The summed E-state index contributed by atoms with van der Waals surface area (Å²) in [5.41, 5.74) is 2.78. The number of aryl methyl sites for hydroxylation is 1. The molecule has 4 heteroatoms. The molecule has 0 saturated carbocycles. The van der Waals surface area contributed by atoms with Gasteiger partial charge in [0.25, 0.3) is 0 Å². The Morgan fingerprint density at radius 3 is 1.43 bits per heavy atom. The highest BCUT2D eigenvalue weighted by atomic mass is 31.2. The Morgan fingerprint density at radius 2 is 1.07 bits per heavy atom. The van der Waals surface area contributed by atoms with Crippen molar-refractivity contribution in [3.05, 3.63) is 96.1 Å². The van der Waals surface area contributed by atoms with E-state index in [1.807, 2.05) is 0 Å². The molecule has 158 valence electrons. The van der Waals surface area contributed by atoms with Crippen LogP contribution in [-0.2, 0) is 0 Å². The minimum atomic E-state index is -2.04. The van der Waals surface area contributed by atoms with E-state index >= 15 is 0 Å². The Morgan fingerprint density at radius 1 is 0.633 bits per heavy atom. The van der Waals surface area contributed by atoms with Crippen LogP contribution in [0.1, 0.15) is 16.4 Å². The highest BCUT2D eigenvalue weighted by Gasteiger charge is 2.43. The van der Waals surface area contributed by atoms with E-state index in [4.69, 9.17) is 4.41 Å². The van der Waals surface area contributed by atoms with E-state index in [0.29, 0.717) is 5.28 Å². The molecule has 1 unspecified atom stereocenters. The topological polar surface area (TPSA) is 12.4 Å². The van der Waals surface area contributed by atoms with Crippen molar-refractivity contribution in [2.24, 2.45) is 4.41 Å². The molecule has 0 saturated heterocycles. The molecule has 0 fully saturated rings. The molecule has 0 amide bonds. The van der Waals surface area contributed by atoms with E-state index < -0.39 is 23.4 Å². The summed E-state index contributed by atoms with van der Waals surface area (Å²) in [5.74, 6) is 0. The van der Waals surface area contributed by atoms with Crippen LogP contribution in [0.4, 0.5) is 0 Å². The average molecular weight is 450 g/mol. The van der Waals surface area contributed by atoms with Crippen LogP contribution in [0, 0.1) is 6.92 Å². The summed E-state index contributed by atoms with van der Waals surface area (Å²) in [6.45, 7) is 16.9. The van der Waals surface area contributed by atoms with Gasteiger partial charge in [0, 0.05) is 12.3 Å². The number of rotatable bonds is 6. The lowest BCUT2D eigenvalue weighted by Crippen LogP contribution is -2.38. The number of hydrogen-bond acceptors (Lipinski definition) is 1. The predicted octanol–water partition coefficient (Wildman–Crippen LogP) is 7.60. The fourth-order valence-electron chi connectivity index (χ4n) is 4.43. The summed E-state index contributed by atoms with van der Waals surface area (Å²) in [4.78, 5) is 0. The smallest absolute Gasteiger partial charge is 0.171 e. The quantitative estimate of drug-likeness (QED) is 0.271. The van der Waals surface area contributed by atoms with Gasteiger partial charge in [-0.1, -0.05) is 130 Å². The van der Waals surface area contributed by atoms with Crippen LogP contribution in [-0.4, -0.2) is 16.3 Å². The van der Waals surface area contributed by atoms with Crippen LogP contribution in [0.25, 0.3) is 0 Å². The maximum Gasteiger partial charge on any atom is 0.171 e. The monoisotopic (exact) mass is 449 g/mol. The highest BCUT2D eigenvalue weighted by molar-refractivity contribution is 7.83. The molecule has 3 aromatic rings. The third-order valence-corrected chi connectivity index (χ3v) is 17.6. The molecule has 3 rings (SSSR count). The summed E-state index contributed by atoms with van der Waals surface area (Å²) in [5, 5.41) is 3.29. The van der Waals surface area contributed by atoms with Crippen LogP contribution in [0.2, 0.25) is 39.3 Å². The lowest BCUT2D eigenvalue weighted by Gasteiger charge is -2.43. The van der Waals surface area contributed by atoms with Crippen LogP contribution in [0.15, 0.2) is 89.3 Å². The van der Waals surface area contributed by atoms with Crippen molar-refractivity contribution in [3.63, 3.8) is 0 Å². The van der Waals surface area contributed by atoms with Crippen LogP contribution >= 0.6 is 7.05 Å². The van der Waals surface area contributed by atoms with Gasteiger partial charge in [-0.25, -0.2) is 0 Å². The molecule has 0 bridgehead atoms. The second kappa shape index (κ2) is 8.82. The Hall–Kier alpha value is -1.68. The third-order valence-electron chi connectivity index (χ3n) is 5.34. The van der Waals surface area contributed by atoms with E-state index in [9.17, 15) is 0 Å². The second-order valence-electron chi connectivity index (χ2n) is 10.3. The number of hydrogen-bond donors (Lipinski definition) is 0. The fraction of sp³-hybridized carbons (Fsp3) is 0.308. The normalized spacial score (nSPS) is 13.7. The molecule has 0 aliphatic rings. The fourth-order valence-corrected chi connectivity index (χ4v) is 19.4. The summed E-state index contributed by atoms with van der Waals surface area (Å²) in [7, 11) is -5.46. The van der Waals surface area contributed by atoms with Crippen molar-refractivity contribution in [2.75, 3.05) is 0 Å². The first kappa shape index (κ1) is 23.0. The summed E-state index contributed by atoms with van der Waals surface area (Å²) in [6, 6.07) is 31.7. The van der Waals surface area contributed by atoms with E-state index in [1.165, 1.54) is 21.7 Å². The zero-order valence-electron chi connectivity index (χ0n) is 19.6. The third kappa shape index (κ3) is 4.96. The maximum atomic E-state index is 5.93. The van der Waals surface area contributed by atoms with Gasteiger partial charge in [-0.3, -0.25) is 0 Å². The Kier molecular flexibility index (Phi) is 6.76. The molecular weight excluding hydrogens is 413 g/mol. The van der Waals surface area contributed by atoms with Gasteiger partial charge in [0.1, 0.15) is 0 Å². The van der Waals surface area contributed by atoms with Crippen molar-refractivity contribution in [1.29, 1.82) is 0 Å². The van der Waals surface area contributed by atoms with Gasteiger partial charge in [-0.15, -0.1) is 0 Å². The van der Waals surface area contributed by atoms with E-state index in [0.717, 1.165) is 0 Å². The standard InChI is InChI=1S/C26H36NPSi2/c1-22-18-20-23(21-19-22)26(29(2,3)4)28(27-30(5,6)7,24-14-10-8-11-15-24)25-16-12-9-13-17-25/h8-21,26H,1-7H3. The first-order valence-corrected chi connectivity index (χ1v) is 19.7. The van der Waals surface area contributed by atoms with Crippen molar-refractivity contribution < 1.29 is 0 Å². The van der Waals surface area contributed by atoms with Crippen molar-refractivity contribution in [2.45, 2.75) is 51.5 Å². The molecule has 0 spiro atoms. The van der Waals surface area contributed by atoms with Gasteiger partial charge in [-0.05, 0) is 23.1 Å². The molecule has 0 radical (unpaired) electrons. The zero-order chi connectivity index (χ0) is 22.0. The lowest BCUT2D eigenvalue weighted by atomic mass is 10.2. The number of nitrogens with zero attached hydrogens (tertiary/aromatic N) is 1. The van der Waals surface area contributed by atoms with Crippen molar-refractivity contribution in [1.82, 2.24) is 0 Å². The summed E-state index contributed by atoms with van der Waals surface area (Å²) < 4.78 is 5.93. The highest BCUT2D eigenvalue weighted by Crippen LogP contribution is 2.64. The van der Waals surface area contributed by atoms with E-state index in [-0.39, 0.29) is 0 Å². The Labute approximate surface area is 185 Å². The first-order chi connectivity index (χ1) is 14.0. The molecule has 3 aromatic carbocycles. The average Bonchev–Trinajstić information content (AvgIpc) is 2.68. The van der Waals surface area contributed by atoms with Gasteiger partial charge in [0.05, 0.1) is 8.07 Å². The predicted molar refractivity (Wildman–Crippen MR) is 142 cm³/mol. The van der Waals surface area contributed by atoms with Crippen molar-refractivity contribution >= 4 is 34.0 Å². The zero-order valence-corrected chi connectivity index (χ0v) is 22.4. The Bertz CT molecular complexity index is 971. The summed E-state index contributed by atoms with van der Waals surface area (Å²) >= 11 is 0. The van der Waals surface area contributed by atoms with E-state index in [1.54, 1.807) is 0 Å². The molecule has 0 heterocycles. The molecule has 30 heavy (non-hydrogen) atoms. The van der Waals surface area contributed by atoms with Gasteiger partial charge in [-0.2, -0.15) is 0 Å². The number of benzene rings is 3. The minimum Gasteiger partial charge on any atom is -0.329 e. The SMILES string of the molecule is Cc1ccc(C([Si](C)(C)C)P(=N[Si](C)(C)C)(c2ccccc2)c2ccccc2)cc1. The van der Waals surface area contributed by atoms with Gasteiger partial charge in [0.2, 0.25) is 0 Å². The van der Waals surface area contributed by atoms with Crippen LogP contribution in [0.5, 0.6) is 0 Å². The van der Waals surface area contributed by atoms with E-state index in [2.05, 4.69) is 131 Å². The first-order valence-electron chi connectivity index (χ1n) is 10.8. The summed E-state index contributed by atoms with van der Waals surface area (Å²) in [6.07, 6.45) is 0. The van der Waals surface area contributed by atoms with Crippen molar-refractivity contribution in [3.8, 4) is 0 Å². The molecule has 0 aromatic heterocycles. The molecule has 0 aliphatic carbocycles. The van der Waals surface area contributed by atoms with Gasteiger partial charge < -0.3 is 4.41 Å². The lowest BCUT2D eigenvalue weighted by molar-refractivity contribution is 1.23. The molecule has 1 nitrogen and oxygen atoms in total. The minimum absolute atomic E-state index is 0.446. The Balaban J connectivity index is 2.51. The van der Waals surface area contributed by atoms with Gasteiger partial charge >= 0.3 is 0 Å². The molecule has 0 N–H and O–H groups in total. The van der Waals surface area contributed by atoms with Crippen LogP contribution < -0.4 is 10.6 Å². The molecule has 0 aliphatic heterocycles. The molecular formula is C26H36NPSi2. The van der Waals surface area contributed by atoms with Gasteiger partial charge in [0.15, 0.2) is 8.24 Å². The molecule has 1 atom stereocenters. The largest absolute Gasteiger partial charge is 0.329 e. The maximum absolute atomic E-state index is 5.93. The second-order valence-corrected chi connectivity index (χ2v) is 24.2.